The van der Waals surface area contributed by atoms with Crippen LogP contribution in [0.4, 0.5) is 0 Å². The minimum absolute atomic E-state index is 0.410. The zero-order chi connectivity index (χ0) is 12.2. The number of aliphatic carboxylic acids is 1. The quantitative estimate of drug-likeness (QED) is 0.766. The molecule has 94 valence electrons. The first-order valence-electron chi connectivity index (χ1n) is 6.73. The number of rotatable bonds is 5. The van der Waals surface area contributed by atoms with Gasteiger partial charge in [0, 0.05) is 0 Å². The molecular weight excluding hydrogens is 200 g/mol. The molecular formula is C14H26O2. The second-order valence-electron chi connectivity index (χ2n) is 5.88. The van der Waals surface area contributed by atoms with Crippen LogP contribution in [0, 0.1) is 17.3 Å². The molecule has 3 unspecified atom stereocenters. The lowest BCUT2D eigenvalue weighted by Crippen LogP contribution is -2.37. The maximum atomic E-state index is 11.6. The molecule has 0 aromatic heterocycles. The van der Waals surface area contributed by atoms with Crippen molar-refractivity contribution in [2.24, 2.45) is 17.3 Å². The van der Waals surface area contributed by atoms with Crippen LogP contribution in [-0.4, -0.2) is 11.1 Å². The number of carboxylic acids is 1. The first-order chi connectivity index (χ1) is 7.50. The molecule has 2 nitrogen and oxygen atoms in total. The van der Waals surface area contributed by atoms with Gasteiger partial charge in [-0.2, -0.15) is 0 Å². The van der Waals surface area contributed by atoms with Crippen LogP contribution < -0.4 is 0 Å². The Morgan fingerprint density at radius 1 is 1.56 bits per heavy atom. The van der Waals surface area contributed by atoms with E-state index in [2.05, 4.69) is 20.8 Å². The molecule has 1 aliphatic rings. The average Bonchev–Trinajstić information content (AvgIpc) is 2.17. The van der Waals surface area contributed by atoms with Gasteiger partial charge in [-0.05, 0) is 31.1 Å². The van der Waals surface area contributed by atoms with Gasteiger partial charge in [0.2, 0.25) is 0 Å². The van der Waals surface area contributed by atoms with Gasteiger partial charge >= 0.3 is 5.97 Å². The van der Waals surface area contributed by atoms with Crippen LogP contribution in [0.25, 0.3) is 0 Å². The first-order valence-corrected chi connectivity index (χ1v) is 6.73. The summed E-state index contributed by atoms with van der Waals surface area (Å²) in [5.41, 5.74) is -0.410. The summed E-state index contributed by atoms with van der Waals surface area (Å²) < 4.78 is 0. The van der Waals surface area contributed by atoms with Gasteiger partial charge < -0.3 is 5.11 Å². The van der Waals surface area contributed by atoms with Crippen molar-refractivity contribution in [3.63, 3.8) is 0 Å². The molecule has 0 spiro atoms. The van der Waals surface area contributed by atoms with Crippen LogP contribution >= 0.6 is 0 Å². The predicted molar refractivity (Wildman–Crippen MR) is 66.4 cm³/mol. The van der Waals surface area contributed by atoms with Crippen LogP contribution in [0.5, 0.6) is 0 Å². The molecule has 0 aromatic carbocycles. The molecule has 2 heteroatoms. The van der Waals surface area contributed by atoms with Gasteiger partial charge in [0.15, 0.2) is 0 Å². The number of carbonyl (C=O) groups is 1. The summed E-state index contributed by atoms with van der Waals surface area (Å²) in [4.78, 5) is 11.6. The van der Waals surface area contributed by atoms with Gasteiger partial charge in [-0.1, -0.05) is 46.5 Å². The number of hydrogen-bond donors (Lipinski definition) is 1. The smallest absolute Gasteiger partial charge is 0.309 e. The lowest BCUT2D eigenvalue weighted by molar-refractivity contribution is -0.153. The molecule has 0 amide bonds. The van der Waals surface area contributed by atoms with E-state index in [4.69, 9.17) is 0 Å². The summed E-state index contributed by atoms with van der Waals surface area (Å²) >= 11 is 0. The minimum atomic E-state index is -0.554. The molecule has 3 atom stereocenters. The monoisotopic (exact) mass is 226 g/mol. The highest BCUT2D eigenvalue weighted by atomic mass is 16.4. The molecule has 16 heavy (non-hydrogen) atoms. The van der Waals surface area contributed by atoms with Gasteiger partial charge in [-0.3, -0.25) is 4.79 Å². The lowest BCUT2D eigenvalue weighted by atomic mass is 9.66. The Morgan fingerprint density at radius 2 is 2.25 bits per heavy atom. The molecule has 0 heterocycles. The Balaban J connectivity index is 2.68. The van der Waals surface area contributed by atoms with E-state index in [1.807, 2.05) is 0 Å². The fourth-order valence-electron chi connectivity index (χ4n) is 3.39. The zero-order valence-corrected chi connectivity index (χ0v) is 11.0. The van der Waals surface area contributed by atoms with Crippen LogP contribution in [-0.2, 0) is 4.79 Å². The second-order valence-corrected chi connectivity index (χ2v) is 5.88. The molecule has 1 rings (SSSR count). The van der Waals surface area contributed by atoms with Gasteiger partial charge in [0.05, 0.1) is 5.41 Å². The zero-order valence-electron chi connectivity index (χ0n) is 11.0. The van der Waals surface area contributed by atoms with Gasteiger partial charge in [0.25, 0.3) is 0 Å². The van der Waals surface area contributed by atoms with Crippen molar-refractivity contribution in [2.75, 3.05) is 0 Å². The van der Waals surface area contributed by atoms with E-state index in [-0.39, 0.29) is 0 Å². The predicted octanol–water partition coefficient (Wildman–Crippen LogP) is 4.09. The highest BCUT2D eigenvalue weighted by Crippen LogP contribution is 2.44. The van der Waals surface area contributed by atoms with E-state index in [9.17, 15) is 9.90 Å². The minimum Gasteiger partial charge on any atom is -0.481 e. The SMILES string of the molecule is CCCC(C)CC1(C(=O)O)CCCC(C)C1. The van der Waals surface area contributed by atoms with E-state index in [1.54, 1.807) is 0 Å². The molecule has 0 aliphatic heterocycles. The molecule has 0 radical (unpaired) electrons. The third kappa shape index (κ3) is 3.23. The van der Waals surface area contributed by atoms with Gasteiger partial charge in [0.1, 0.15) is 0 Å². The van der Waals surface area contributed by atoms with Gasteiger partial charge in [-0.25, -0.2) is 0 Å². The summed E-state index contributed by atoms with van der Waals surface area (Å²) in [7, 11) is 0. The van der Waals surface area contributed by atoms with E-state index >= 15 is 0 Å². The standard InChI is InChI=1S/C14H26O2/c1-4-6-11(2)9-14(13(15)16)8-5-7-12(3)10-14/h11-12H,4-10H2,1-3H3,(H,15,16). The van der Waals surface area contributed by atoms with Crippen LogP contribution in [0.3, 0.4) is 0 Å². The Hall–Kier alpha value is -0.530. The van der Waals surface area contributed by atoms with Crippen molar-refractivity contribution in [2.45, 2.75) is 65.7 Å². The van der Waals surface area contributed by atoms with E-state index in [0.29, 0.717) is 11.8 Å². The van der Waals surface area contributed by atoms with Crippen molar-refractivity contribution < 1.29 is 9.90 Å². The lowest BCUT2D eigenvalue weighted by Gasteiger charge is -2.38. The summed E-state index contributed by atoms with van der Waals surface area (Å²) in [6.45, 7) is 6.57. The van der Waals surface area contributed by atoms with Crippen molar-refractivity contribution in [1.82, 2.24) is 0 Å². The Morgan fingerprint density at radius 3 is 2.75 bits per heavy atom. The van der Waals surface area contributed by atoms with E-state index in [1.165, 1.54) is 6.42 Å². The van der Waals surface area contributed by atoms with Crippen LogP contribution in [0.15, 0.2) is 0 Å². The maximum Gasteiger partial charge on any atom is 0.309 e. The third-order valence-electron chi connectivity index (χ3n) is 4.07. The van der Waals surface area contributed by atoms with Crippen molar-refractivity contribution in [3.8, 4) is 0 Å². The van der Waals surface area contributed by atoms with Crippen molar-refractivity contribution in [3.05, 3.63) is 0 Å². The van der Waals surface area contributed by atoms with Crippen molar-refractivity contribution >= 4 is 5.97 Å². The molecule has 1 fully saturated rings. The number of hydrogen-bond acceptors (Lipinski definition) is 1. The Labute approximate surface area is 99.4 Å². The van der Waals surface area contributed by atoms with E-state index < -0.39 is 11.4 Å². The topological polar surface area (TPSA) is 37.3 Å². The highest BCUT2D eigenvalue weighted by molar-refractivity contribution is 5.74. The maximum absolute atomic E-state index is 11.6. The van der Waals surface area contributed by atoms with E-state index in [0.717, 1.165) is 38.5 Å². The molecule has 0 bridgehead atoms. The van der Waals surface area contributed by atoms with Crippen LogP contribution in [0.1, 0.15) is 65.7 Å². The average molecular weight is 226 g/mol. The third-order valence-corrected chi connectivity index (χ3v) is 4.07. The normalized spacial score (nSPS) is 32.3. The number of carboxylic acid groups (broad SMARTS) is 1. The largest absolute Gasteiger partial charge is 0.481 e. The summed E-state index contributed by atoms with van der Waals surface area (Å²) in [5.74, 6) is 0.576. The fourth-order valence-corrected chi connectivity index (χ4v) is 3.39. The summed E-state index contributed by atoms with van der Waals surface area (Å²) in [5, 5.41) is 9.52. The molecule has 0 saturated heterocycles. The van der Waals surface area contributed by atoms with Crippen molar-refractivity contribution in [1.29, 1.82) is 0 Å². The summed E-state index contributed by atoms with van der Waals surface area (Å²) in [6.07, 6.45) is 7.26. The molecule has 1 saturated carbocycles. The Bertz CT molecular complexity index is 237. The summed E-state index contributed by atoms with van der Waals surface area (Å²) in [6, 6.07) is 0. The highest BCUT2D eigenvalue weighted by Gasteiger charge is 2.42. The second kappa shape index (κ2) is 5.70. The molecule has 1 N–H and O–H groups in total. The molecule has 0 aromatic rings. The van der Waals surface area contributed by atoms with Gasteiger partial charge in [-0.15, -0.1) is 0 Å². The molecule has 1 aliphatic carbocycles. The fraction of sp³-hybridized carbons (Fsp3) is 0.929. The first kappa shape index (κ1) is 13.5. The Kier molecular flexibility index (Phi) is 4.82. The van der Waals surface area contributed by atoms with Crippen LogP contribution in [0.2, 0.25) is 0 Å².